The molecule has 2 fully saturated rings. The Morgan fingerprint density at radius 2 is 1.57 bits per heavy atom. The molecule has 21 heavy (non-hydrogen) atoms. The molecular formula is C20H22O. The molecule has 0 saturated heterocycles. The van der Waals surface area contributed by atoms with Gasteiger partial charge in [-0.05, 0) is 48.3 Å². The lowest BCUT2D eigenvalue weighted by Crippen LogP contribution is -2.18. The first kappa shape index (κ1) is 13.1. The predicted octanol–water partition coefficient (Wildman–Crippen LogP) is 4.72. The first-order valence-corrected chi connectivity index (χ1v) is 8.13. The zero-order chi connectivity index (χ0) is 14.3. The van der Waals surface area contributed by atoms with E-state index in [1.165, 1.54) is 30.4 Å². The standard InChI is InChI=1S/C20H22O/c21-19(20(13-14-20)18-7-2-1-3-8-18)17-11-9-16(10-12-17)15-5-4-6-15/h1-3,7-12,15,19,21H,4-6,13-14H2. The molecule has 0 aliphatic heterocycles. The minimum Gasteiger partial charge on any atom is -0.387 e. The van der Waals surface area contributed by atoms with Crippen molar-refractivity contribution in [3.63, 3.8) is 0 Å². The van der Waals surface area contributed by atoms with Gasteiger partial charge in [-0.15, -0.1) is 0 Å². The van der Waals surface area contributed by atoms with Gasteiger partial charge in [-0.2, -0.15) is 0 Å². The molecule has 1 atom stereocenters. The van der Waals surface area contributed by atoms with Gasteiger partial charge in [0.2, 0.25) is 0 Å². The highest BCUT2D eigenvalue weighted by Gasteiger charge is 2.50. The number of rotatable bonds is 4. The van der Waals surface area contributed by atoms with Crippen LogP contribution in [0.25, 0.3) is 0 Å². The molecule has 0 aromatic heterocycles. The number of aliphatic hydroxyl groups excluding tert-OH is 1. The Morgan fingerprint density at radius 1 is 0.905 bits per heavy atom. The first-order valence-electron chi connectivity index (χ1n) is 8.13. The number of hydrogen-bond acceptors (Lipinski definition) is 1. The fraction of sp³-hybridized carbons (Fsp3) is 0.400. The van der Waals surface area contributed by atoms with Crippen LogP contribution in [0.4, 0.5) is 0 Å². The quantitative estimate of drug-likeness (QED) is 0.858. The van der Waals surface area contributed by atoms with E-state index in [-0.39, 0.29) is 11.5 Å². The minimum atomic E-state index is -0.379. The first-order chi connectivity index (χ1) is 10.3. The molecule has 108 valence electrons. The molecule has 0 bridgehead atoms. The molecule has 2 aliphatic rings. The monoisotopic (exact) mass is 278 g/mol. The van der Waals surface area contributed by atoms with Crippen LogP contribution in [0.1, 0.15) is 60.8 Å². The summed E-state index contributed by atoms with van der Waals surface area (Å²) in [5.41, 5.74) is 3.75. The largest absolute Gasteiger partial charge is 0.387 e. The Labute approximate surface area is 126 Å². The Balaban J connectivity index is 1.58. The van der Waals surface area contributed by atoms with E-state index in [0.29, 0.717) is 0 Å². The third kappa shape index (κ3) is 2.20. The molecule has 1 N–H and O–H groups in total. The zero-order valence-electron chi connectivity index (χ0n) is 12.3. The average Bonchev–Trinajstić information content (AvgIpc) is 3.28. The highest BCUT2D eigenvalue weighted by Crippen LogP contribution is 2.56. The van der Waals surface area contributed by atoms with Gasteiger partial charge in [0, 0.05) is 5.41 Å². The summed E-state index contributed by atoms with van der Waals surface area (Å²) in [5, 5.41) is 10.9. The Hall–Kier alpha value is -1.60. The van der Waals surface area contributed by atoms with Crippen molar-refractivity contribution in [3.05, 3.63) is 71.3 Å². The van der Waals surface area contributed by atoms with Gasteiger partial charge in [0.15, 0.2) is 0 Å². The third-order valence-corrected chi connectivity index (χ3v) is 5.49. The van der Waals surface area contributed by atoms with Gasteiger partial charge in [0.1, 0.15) is 0 Å². The predicted molar refractivity (Wildman–Crippen MR) is 85.3 cm³/mol. The maximum absolute atomic E-state index is 10.9. The lowest BCUT2D eigenvalue weighted by atomic mass is 9.79. The second kappa shape index (κ2) is 4.99. The van der Waals surface area contributed by atoms with Crippen molar-refractivity contribution >= 4 is 0 Å². The van der Waals surface area contributed by atoms with Gasteiger partial charge >= 0.3 is 0 Å². The topological polar surface area (TPSA) is 20.2 Å². The molecule has 0 amide bonds. The SMILES string of the molecule is OC(c1ccc(C2CCC2)cc1)C1(c2ccccc2)CC1. The van der Waals surface area contributed by atoms with E-state index in [1.807, 2.05) is 6.07 Å². The fourth-order valence-corrected chi connectivity index (χ4v) is 3.64. The Bertz CT molecular complexity index is 606. The molecule has 0 heterocycles. The summed E-state index contributed by atoms with van der Waals surface area (Å²) in [5.74, 6) is 0.764. The van der Waals surface area contributed by atoms with Crippen molar-refractivity contribution < 1.29 is 5.11 Å². The number of benzene rings is 2. The number of aliphatic hydroxyl groups is 1. The highest BCUT2D eigenvalue weighted by atomic mass is 16.3. The molecular weight excluding hydrogens is 256 g/mol. The summed E-state index contributed by atoms with van der Waals surface area (Å²) in [6.07, 6.45) is 5.82. The van der Waals surface area contributed by atoms with E-state index in [9.17, 15) is 5.11 Å². The normalized spacial score (nSPS) is 21.6. The molecule has 2 aromatic carbocycles. The summed E-state index contributed by atoms with van der Waals surface area (Å²) in [7, 11) is 0. The molecule has 2 aliphatic carbocycles. The van der Waals surface area contributed by atoms with Crippen molar-refractivity contribution in [3.8, 4) is 0 Å². The molecule has 0 radical (unpaired) electrons. The summed E-state index contributed by atoms with van der Waals surface area (Å²) in [6.45, 7) is 0. The van der Waals surface area contributed by atoms with E-state index >= 15 is 0 Å². The molecule has 2 aromatic rings. The van der Waals surface area contributed by atoms with Crippen molar-refractivity contribution in [1.82, 2.24) is 0 Å². The van der Waals surface area contributed by atoms with Crippen LogP contribution in [0.15, 0.2) is 54.6 Å². The van der Waals surface area contributed by atoms with Crippen LogP contribution in [0, 0.1) is 0 Å². The Morgan fingerprint density at radius 3 is 2.10 bits per heavy atom. The minimum absolute atomic E-state index is 0.0424. The molecule has 1 heteroatoms. The van der Waals surface area contributed by atoms with E-state index in [1.54, 1.807) is 0 Å². The maximum atomic E-state index is 10.9. The van der Waals surface area contributed by atoms with E-state index in [2.05, 4.69) is 48.5 Å². The van der Waals surface area contributed by atoms with E-state index < -0.39 is 0 Å². The van der Waals surface area contributed by atoms with Crippen LogP contribution in [-0.4, -0.2) is 5.11 Å². The van der Waals surface area contributed by atoms with Crippen LogP contribution in [0.5, 0.6) is 0 Å². The zero-order valence-corrected chi connectivity index (χ0v) is 12.3. The molecule has 4 rings (SSSR count). The highest BCUT2D eigenvalue weighted by molar-refractivity contribution is 5.38. The summed E-state index contributed by atoms with van der Waals surface area (Å²) in [4.78, 5) is 0. The van der Waals surface area contributed by atoms with Crippen LogP contribution in [0.2, 0.25) is 0 Å². The van der Waals surface area contributed by atoms with E-state index in [0.717, 1.165) is 24.3 Å². The van der Waals surface area contributed by atoms with Gasteiger partial charge in [0.05, 0.1) is 6.10 Å². The number of hydrogen-bond donors (Lipinski definition) is 1. The van der Waals surface area contributed by atoms with Gasteiger partial charge in [-0.1, -0.05) is 61.0 Å². The smallest absolute Gasteiger partial charge is 0.0886 e. The Kier molecular flexibility index (Phi) is 3.11. The fourth-order valence-electron chi connectivity index (χ4n) is 3.64. The molecule has 0 spiro atoms. The summed E-state index contributed by atoms with van der Waals surface area (Å²) in [6, 6.07) is 19.2. The van der Waals surface area contributed by atoms with E-state index in [4.69, 9.17) is 0 Å². The molecule has 1 nitrogen and oxygen atoms in total. The van der Waals surface area contributed by atoms with Gasteiger partial charge in [-0.3, -0.25) is 0 Å². The van der Waals surface area contributed by atoms with Crippen LogP contribution >= 0.6 is 0 Å². The van der Waals surface area contributed by atoms with Gasteiger partial charge in [-0.25, -0.2) is 0 Å². The molecule has 1 unspecified atom stereocenters. The van der Waals surface area contributed by atoms with Crippen LogP contribution in [-0.2, 0) is 5.41 Å². The third-order valence-electron chi connectivity index (χ3n) is 5.49. The lowest BCUT2D eigenvalue weighted by Gasteiger charge is -2.27. The summed E-state index contributed by atoms with van der Waals surface area (Å²) < 4.78 is 0. The van der Waals surface area contributed by atoms with Crippen molar-refractivity contribution in [2.75, 3.05) is 0 Å². The van der Waals surface area contributed by atoms with Gasteiger partial charge < -0.3 is 5.11 Å². The van der Waals surface area contributed by atoms with Crippen molar-refractivity contribution in [2.24, 2.45) is 0 Å². The molecule has 2 saturated carbocycles. The van der Waals surface area contributed by atoms with Crippen LogP contribution in [0.3, 0.4) is 0 Å². The van der Waals surface area contributed by atoms with Gasteiger partial charge in [0.25, 0.3) is 0 Å². The maximum Gasteiger partial charge on any atom is 0.0886 e. The van der Waals surface area contributed by atoms with Crippen LogP contribution < -0.4 is 0 Å². The van der Waals surface area contributed by atoms with Crippen molar-refractivity contribution in [1.29, 1.82) is 0 Å². The lowest BCUT2D eigenvalue weighted by molar-refractivity contribution is 0.133. The second-order valence-corrected chi connectivity index (χ2v) is 6.72. The second-order valence-electron chi connectivity index (χ2n) is 6.72. The summed E-state index contributed by atoms with van der Waals surface area (Å²) >= 11 is 0. The van der Waals surface area contributed by atoms with Crippen molar-refractivity contribution in [2.45, 2.75) is 49.5 Å². The average molecular weight is 278 g/mol.